The van der Waals surface area contributed by atoms with Crippen LogP contribution in [0.4, 0.5) is 5.69 Å². The number of para-hydroxylation sites is 2. The molecule has 0 aliphatic carbocycles. The van der Waals surface area contributed by atoms with Gasteiger partial charge in [0.05, 0.1) is 23.4 Å². The second kappa shape index (κ2) is 8.91. The van der Waals surface area contributed by atoms with Gasteiger partial charge in [0.15, 0.2) is 0 Å². The summed E-state index contributed by atoms with van der Waals surface area (Å²) in [6, 6.07) is 15.6. The van der Waals surface area contributed by atoms with Crippen molar-refractivity contribution in [1.82, 2.24) is 14.1 Å². The van der Waals surface area contributed by atoms with E-state index >= 15 is 0 Å². The Labute approximate surface area is 181 Å². The molecule has 31 heavy (non-hydrogen) atoms. The average Bonchev–Trinajstić information content (AvgIpc) is 3.34. The minimum Gasteiger partial charge on any atom is -0.497 e. The number of amides is 1. The first-order valence-corrected chi connectivity index (χ1v) is 11.5. The van der Waals surface area contributed by atoms with Crippen molar-refractivity contribution in [2.75, 3.05) is 25.5 Å². The summed E-state index contributed by atoms with van der Waals surface area (Å²) < 4.78 is 34.0. The van der Waals surface area contributed by atoms with Crippen LogP contribution in [-0.4, -0.2) is 48.6 Å². The predicted molar refractivity (Wildman–Crippen MR) is 117 cm³/mol. The van der Waals surface area contributed by atoms with Crippen molar-refractivity contribution in [3.63, 3.8) is 0 Å². The number of anilines is 1. The number of nitrogens with zero attached hydrogens (tertiary/aromatic N) is 3. The van der Waals surface area contributed by atoms with E-state index in [9.17, 15) is 13.2 Å². The van der Waals surface area contributed by atoms with Crippen molar-refractivity contribution in [2.24, 2.45) is 5.92 Å². The number of hydrogen-bond donors (Lipinski definition) is 1. The second-order valence-corrected chi connectivity index (χ2v) is 9.25. The summed E-state index contributed by atoms with van der Waals surface area (Å²) in [5.74, 6) is 0.235. The van der Waals surface area contributed by atoms with Crippen LogP contribution < -0.4 is 10.1 Å². The summed E-state index contributed by atoms with van der Waals surface area (Å²) >= 11 is 0. The lowest BCUT2D eigenvalue weighted by atomic mass is 9.97. The van der Waals surface area contributed by atoms with Gasteiger partial charge in [-0.05, 0) is 55.3 Å². The van der Waals surface area contributed by atoms with Crippen LogP contribution in [0.3, 0.4) is 0 Å². The summed E-state index contributed by atoms with van der Waals surface area (Å²) in [6.45, 7) is 0.598. The maximum Gasteiger partial charge on any atom is 0.243 e. The predicted octanol–water partition coefficient (Wildman–Crippen LogP) is 2.92. The summed E-state index contributed by atoms with van der Waals surface area (Å²) in [7, 11) is -2.06. The molecular formula is C22H24N4O4S. The molecule has 3 aromatic rings. The van der Waals surface area contributed by atoms with E-state index in [4.69, 9.17) is 4.74 Å². The largest absolute Gasteiger partial charge is 0.497 e. The van der Waals surface area contributed by atoms with Crippen LogP contribution in [0.25, 0.3) is 5.69 Å². The maximum atomic E-state index is 12.9. The van der Waals surface area contributed by atoms with E-state index in [2.05, 4.69) is 10.4 Å². The van der Waals surface area contributed by atoms with Gasteiger partial charge in [-0.3, -0.25) is 4.79 Å². The number of aromatic nitrogens is 2. The highest BCUT2D eigenvalue weighted by molar-refractivity contribution is 7.89. The normalized spacial score (nSPS) is 15.5. The van der Waals surface area contributed by atoms with E-state index in [1.54, 1.807) is 35.1 Å². The van der Waals surface area contributed by atoms with Crippen LogP contribution in [0.2, 0.25) is 0 Å². The maximum absolute atomic E-state index is 12.9. The molecule has 0 saturated carbocycles. The van der Waals surface area contributed by atoms with Gasteiger partial charge in [-0.1, -0.05) is 12.1 Å². The van der Waals surface area contributed by atoms with Crippen LogP contribution in [0, 0.1) is 5.92 Å². The number of methoxy groups -OCH3 is 1. The minimum absolute atomic E-state index is 0.110. The Hall–Kier alpha value is -3.17. The fourth-order valence-corrected chi connectivity index (χ4v) is 5.15. The van der Waals surface area contributed by atoms with Gasteiger partial charge >= 0.3 is 0 Å². The molecule has 1 aliphatic rings. The molecule has 9 heteroatoms. The highest BCUT2D eigenvalue weighted by atomic mass is 32.2. The first-order valence-electron chi connectivity index (χ1n) is 10.0. The van der Waals surface area contributed by atoms with Crippen molar-refractivity contribution < 1.29 is 17.9 Å². The van der Waals surface area contributed by atoms with Crippen LogP contribution in [0.1, 0.15) is 12.8 Å². The lowest BCUT2D eigenvalue weighted by Gasteiger charge is -2.30. The third-order valence-corrected chi connectivity index (χ3v) is 7.35. The van der Waals surface area contributed by atoms with Crippen molar-refractivity contribution in [1.29, 1.82) is 0 Å². The number of carbonyl (C=O) groups excluding carboxylic acids is 1. The molecule has 2 heterocycles. The number of ether oxygens (including phenoxy) is 1. The van der Waals surface area contributed by atoms with Gasteiger partial charge in [-0.15, -0.1) is 0 Å². The molecule has 1 N–H and O–H groups in total. The Morgan fingerprint density at radius 1 is 1.06 bits per heavy atom. The van der Waals surface area contributed by atoms with E-state index in [1.807, 2.05) is 36.5 Å². The smallest absolute Gasteiger partial charge is 0.243 e. The molecular weight excluding hydrogens is 416 g/mol. The van der Waals surface area contributed by atoms with Gasteiger partial charge in [0.2, 0.25) is 15.9 Å². The van der Waals surface area contributed by atoms with E-state index in [-0.39, 0.29) is 16.7 Å². The molecule has 1 amide bonds. The fraction of sp³-hybridized carbons (Fsp3) is 0.273. The SMILES string of the molecule is COc1ccc(S(=O)(=O)N2CCC(C(=O)Nc3ccccc3-n3cccn3)CC2)cc1. The lowest BCUT2D eigenvalue weighted by molar-refractivity contribution is -0.120. The number of nitrogens with one attached hydrogen (secondary N) is 1. The average molecular weight is 441 g/mol. The first kappa shape index (κ1) is 21.1. The van der Waals surface area contributed by atoms with Gasteiger partial charge < -0.3 is 10.1 Å². The van der Waals surface area contributed by atoms with Crippen LogP contribution in [0.5, 0.6) is 5.75 Å². The zero-order valence-electron chi connectivity index (χ0n) is 17.1. The number of hydrogen-bond acceptors (Lipinski definition) is 5. The molecule has 1 fully saturated rings. The number of benzene rings is 2. The van der Waals surface area contributed by atoms with Gasteiger partial charge in [0.25, 0.3) is 0 Å². The fourth-order valence-electron chi connectivity index (χ4n) is 3.68. The van der Waals surface area contributed by atoms with Crippen molar-refractivity contribution in [3.8, 4) is 11.4 Å². The summed E-state index contributed by atoms with van der Waals surface area (Å²) in [5, 5.41) is 7.21. The molecule has 1 aliphatic heterocycles. The Morgan fingerprint density at radius 3 is 2.42 bits per heavy atom. The molecule has 4 rings (SSSR count). The summed E-state index contributed by atoms with van der Waals surface area (Å²) in [4.78, 5) is 13.1. The quantitative estimate of drug-likeness (QED) is 0.636. The highest BCUT2D eigenvalue weighted by Gasteiger charge is 2.32. The third-order valence-electron chi connectivity index (χ3n) is 5.44. The topological polar surface area (TPSA) is 93.5 Å². The third kappa shape index (κ3) is 4.47. The number of rotatable bonds is 6. The standard InChI is InChI=1S/C22H24N4O4S/c1-30-18-7-9-19(10-8-18)31(28,29)25-15-11-17(12-16-25)22(27)24-20-5-2-3-6-21(20)26-14-4-13-23-26/h2-10,13-14,17H,11-12,15-16H2,1H3,(H,24,27). The molecule has 0 unspecified atom stereocenters. The molecule has 1 saturated heterocycles. The number of carbonyl (C=O) groups is 1. The Bertz CT molecular complexity index is 1140. The molecule has 8 nitrogen and oxygen atoms in total. The van der Waals surface area contributed by atoms with Gasteiger partial charge in [-0.25, -0.2) is 13.1 Å². The Balaban J connectivity index is 1.40. The summed E-state index contributed by atoms with van der Waals surface area (Å²) in [6.07, 6.45) is 4.42. The lowest BCUT2D eigenvalue weighted by Crippen LogP contribution is -2.41. The molecule has 1 aromatic heterocycles. The molecule has 0 bridgehead atoms. The Morgan fingerprint density at radius 2 is 1.77 bits per heavy atom. The zero-order valence-corrected chi connectivity index (χ0v) is 18.0. The Kier molecular flexibility index (Phi) is 6.06. The van der Waals surface area contributed by atoms with E-state index in [0.29, 0.717) is 37.4 Å². The van der Waals surface area contributed by atoms with E-state index < -0.39 is 10.0 Å². The van der Waals surface area contributed by atoms with Crippen molar-refractivity contribution in [3.05, 3.63) is 67.0 Å². The zero-order chi connectivity index (χ0) is 21.8. The van der Waals surface area contributed by atoms with Gasteiger partial charge in [0, 0.05) is 31.4 Å². The number of sulfonamides is 1. The van der Waals surface area contributed by atoms with Crippen molar-refractivity contribution >= 4 is 21.6 Å². The molecule has 162 valence electrons. The monoisotopic (exact) mass is 440 g/mol. The minimum atomic E-state index is -3.60. The van der Waals surface area contributed by atoms with Crippen LogP contribution >= 0.6 is 0 Å². The molecule has 0 radical (unpaired) electrons. The van der Waals surface area contributed by atoms with Crippen LogP contribution in [-0.2, 0) is 14.8 Å². The van der Waals surface area contributed by atoms with Crippen molar-refractivity contribution in [2.45, 2.75) is 17.7 Å². The van der Waals surface area contributed by atoms with Gasteiger partial charge in [0.1, 0.15) is 5.75 Å². The van der Waals surface area contributed by atoms with Crippen LogP contribution in [0.15, 0.2) is 71.9 Å². The first-order chi connectivity index (χ1) is 15.0. The highest BCUT2D eigenvalue weighted by Crippen LogP contribution is 2.27. The number of piperidine rings is 1. The van der Waals surface area contributed by atoms with E-state index in [0.717, 1.165) is 5.69 Å². The summed E-state index contributed by atoms with van der Waals surface area (Å²) in [5.41, 5.74) is 1.45. The molecule has 0 atom stereocenters. The second-order valence-electron chi connectivity index (χ2n) is 7.31. The molecule has 0 spiro atoms. The van der Waals surface area contributed by atoms with Gasteiger partial charge in [-0.2, -0.15) is 9.40 Å². The molecule has 2 aromatic carbocycles. The van der Waals surface area contributed by atoms with E-state index in [1.165, 1.54) is 11.4 Å².